The average molecular weight is 663 g/mol. The molecule has 0 bridgehead atoms. The van der Waals surface area contributed by atoms with Crippen LogP contribution in [0.3, 0.4) is 0 Å². The van der Waals surface area contributed by atoms with Crippen LogP contribution >= 0.6 is 11.6 Å². The van der Waals surface area contributed by atoms with Crippen molar-refractivity contribution in [1.29, 1.82) is 0 Å². The molecular formula is C34H33ClF2N6O4. The molecule has 2 aliphatic heterocycles. The second kappa shape index (κ2) is 12.4. The molecular weight excluding hydrogens is 630 g/mol. The first-order valence-corrected chi connectivity index (χ1v) is 15.2. The van der Waals surface area contributed by atoms with Crippen molar-refractivity contribution in [1.82, 2.24) is 24.7 Å². The molecule has 1 saturated heterocycles. The lowest BCUT2D eigenvalue weighted by molar-refractivity contribution is -0.150. The molecule has 4 aromatic rings. The maximum absolute atomic E-state index is 16.3. The molecule has 10 nitrogen and oxygen atoms in total. The van der Waals surface area contributed by atoms with Gasteiger partial charge in [-0.3, -0.25) is 14.5 Å². The van der Waals surface area contributed by atoms with Crippen molar-refractivity contribution in [2.45, 2.75) is 32.1 Å². The summed E-state index contributed by atoms with van der Waals surface area (Å²) in [5.41, 5.74) is 6.73. The third-order valence-corrected chi connectivity index (χ3v) is 9.24. The molecule has 0 aliphatic carbocycles. The van der Waals surface area contributed by atoms with E-state index < -0.39 is 28.6 Å². The molecule has 0 spiro atoms. The summed E-state index contributed by atoms with van der Waals surface area (Å²) in [4.78, 5) is 40.5. The van der Waals surface area contributed by atoms with E-state index in [1.165, 1.54) is 18.1 Å². The summed E-state index contributed by atoms with van der Waals surface area (Å²) in [6, 6.07) is 14.7. The monoisotopic (exact) mass is 662 g/mol. The summed E-state index contributed by atoms with van der Waals surface area (Å²) in [6.07, 6.45) is 0. The predicted octanol–water partition coefficient (Wildman–Crippen LogP) is 5.02. The molecule has 2 amide bonds. The summed E-state index contributed by atoms with van der Waals surface area (Å²) in [5.74, 6) is -1.49. The van der Waals surface area contributed by atoms with Crippen LogP contribution in [-0.4, -0.2) is 70.8 Å². The van der Waals surface area contributed by atoms with Crippen molar-refractivity contribution < 1.29 is 27.8 Å². The van der Waals surface area contributed by atoms with Gasteiger partial charge in [0.15, 0.2) is 5.82 Å². The van der Waals surface area contributed by atoms with E-state index in [0.29, 0.717) is 35.8 Å². The highest BCUT2D eigenvalue weighted by Gasteiger charge is 2.46. The second-order valence-electron chi connectivity index (χ2n) is 11.7. The number of anilines is 1. The van der Waals surface area contributed by atoms with Crippen LogP contribution in [0.15, 0.2) is 54.6 Å². The molecule has 3 heterocycles. The third kappa shape index (κ3) is 5.61. The quantitative estimate of drug-likeness (QED) is 0.207. The van der Waals surface area contributed by atoms with Gasteiger partial charge >= 0.3 is 0 Å². The number of ether oxygens (including phenoxy) is 2. The number of likely N-dealkylation sites (N-methyl/N-ethyl adjacent to an activating group) is 1. The SMILES string of the molecule is COc1ccc(CN2Cc3nc(-c4c(F)ccc(CN5CCN(C)C(=O)C5(C)c5ccc(N)cc5)c4F)nc(Cl)c3C2=O)c(OC)c1. The Balaban J connectivity index is 1.32. The molecule has 13 heteroatoms. The van der Waals surface area contributed by atoms with Crippen molar-refractivity contribution in [3.05, 3.63) is 99.3 Å². The van der Waals surface area contributed by atoms with Gasteiger partial charge in [0.05, 0.1) is 38.6 Å². The minimum Gasteiger partial charge on any atom is -0.497 e. The zero-order valence-electron chi connectivity index (χ0n) is 26.3. The van der Waals surface area contributed by atoms with Crippen molar-refractivity contribution in [2.75, 3.05) is 40.1 Å². The number of carbonyl (C=O) groups excluding carboxylic acids is 2. The number of nitrogen functional groups attached to an aromatic ring is 1. The van der Waals surface area contributed by atoms with Crippen LogP contribution < -0.4 is 15.2 Å². The number of rotatable bonds is 8. The highest BCUT2D eigenvalue weighted by molar-refractivity contribution is 6.33. The van der Waals surface area contributed by atoms with Gasteiger partial charge in [0.25, 0.3) is 5.91 Å². The molecule has 244 valence electrons. The highest BCUT2D eigenvalue weighted by atomic mass is 35.5. The summed E-state index contributed by atoms with van der Waals surface area (Å²) in [7, 11) is 4.78. The molecule has 1 unspecified atom stereocenters. The Morgan fingerprint density at radius 1 is 0.936 bits per heavy atom. The van der Waals surface area contributed by atoms with E-state index in [4.69, 9.17) is 26.8 Å². The highest BCUT2D eigenvalue weighted by Crippen LogP contribution is 2.38. The number of amides is 2. The van der Waals surface area contributed by atoms with Gasteiger partial charge in [-0.2, -0.15) is 0 Å². The first kappa shape index (κ1) is 32.1. The lowest BCUT2D eigenvalue weighted by Gasteiger charge is -2.47. The number of hydrogen-bond donors (Lipinski definition) is 1. The minimum atomic E-state index is -1.13. The number of nitrogens with zero attached hydrogens (tertiary/aromatic N) is 5. The Hall–Kier alpha value is -4.81. The van der Waals surface area contributed by atoms with Gasteiger partial charge in [0.1, 0.15) is 39.4 Å². The van der Waals surface area contributed by atoms with Gasteiger partial charge in [0, 0.05) is 49.6 Å². The third-order valence-electron chi connectivity index (χ3n) is 8.97. The summed E-state index contributed by atoms with van der Waals surface area (Å²) >= 11 is 6.49. The number of hydrogen-bond acceptors (Lipinski definition) is 8. The molecule has 0 saturated carbocycles. The summed E-state index contributed by atoms with van der Waals surface area (Å²) < 4.78 is 42.4. The standard InChI is InChI=1S/C34H33ClF2N6O4/c1-34(21-7-9-22(38)10-8-21)33(45)41(2)13-14-43(34)17-20-6-12-24(36)27(29(20)37)31-39-25-18-42(32(44)28(25)30(35)40-31)16-19-5-11-23(46-3)15-26(19)47-4/h5-12,15H,13-14,16-18,38H2,1-4H3. The van der Waals surface area contributed by atoms with Gasteiger partial charge < -0.3 is 25.0 Å². The van der Waals surface area contributed by atoms with E-state index in [0.717, 1.165) is 11.6 Å². The van der Waals surface area contributed by atoms with Gasteiger partial charge in [-0.15, -0.1) is 0 Å². The van der Waals surface area contributed by atoms with E-state index in [2.05, 4.69) is 9.97 Å². The van der Waals surface area contributed by atoms with Crippen LogP contribution in [0.25, 0.3) is 11.4 Å². The van der Waals surface area contributed by atoms with Crippen molar-refractivity contribution >= 4 is 29.1 Å². The first-order valence-electron chi connectivity index (χ1n) is 14.9. The lowest BCUT2D eigenvalue weighted by atomic mass is 9.86. The fraction of sp³-hybridized carbons (Fsp3) is 0.294. The largest absolute Gasteiger partial charge is 0.497 e. The van der Waals surface area contributed by atoms with E-state index >= 15 is 8.78 Å². The number of nitrogens with two attached hydrogens (primary N) is 1. The lowest BCUT2D eigenvalue weighted by Crippen LogP contribution is -2.61. The molecule has 0 radical (unpaired) electrons. The average Bonchev–Trinajstić information content (AvgIpc) is 3.37. The Labute approximate surface area is 275 Å². The molecule has 1 fully saturated rings. The van der Waals surface area contributed by atoms with Gasteiger partial charge in [-0.05, 0) is 42.8 Å². The van der Waals surface area contributed by atoms with E-state index in [9.17, 15) is 9.59 Å². The molecule has 2 aliphatic rings. The van der Waals surface area contributed by atoms with Gasteiger partial charge in [-0.25, -0.2) is 18.7 Å². The number of piperazine rings is 1. The Bertz CT molecular complexity index is 1890. The topological polar surface area (TPSA) is 114 Å². The maximum atomic E-state index is 16.3. The molecule has 1 aromatic heterocycles. The smallest absolute Gasteiger partial charge is 0.259 e. The number of benzene rings is 3. The Morgan fingerprint density at radius 2 is 1.66 bits per heavy atom. The second-order valence-corrected chi connectivity index (χ2v) is 12.1. The zero-order valence-corrected chi connectivity index (χ0v) is 27.1. The normalized spacial score (nSPS) is 18.1. The zero-order chi connectivity index (χ0) is 33.6. The van der Waals surface area contributed by atoms with Crippen LogP contribution in [0.5, 0.6) is 11.5 Å². The van der Waals surface area contributed by atoms with Crippen molar-refractivity contribution in [3.8, 4) is 22.9 Å². The maximum Gasteiger partial charge on any atom is 0.259 e. The molecule has 6 rings (SSSR count). The van der Waals surface area contributed by atoms with Crippen LogP contribution in [0, 0.1) is 11.6 Å². The van der Waals surface area contributed by atoms with Crippen LogP contribution in [0.2, 0.25) is 5.15 Å². The predicted molar refractivity (Wildman–Crippen MR) is 172 cm³/mol. The van der Waals surface area contributed by atoms with Crippen molar-refractivity contribution in [3.63, 3.8) is 0 Å². The Kier molecular flexibility index (Phi) is 8.49. The van der Waals surface area contributed by atoms with Crippen LogP contribution in [-0.2, 0) is 30.0 Å². The minimum absolute atomic E-state index is 0.00575. The van der Waals surface area contributed by atoms with Gasteiger partial charge in [-0.1, -0.05) is 29.8 Å². The summed E-state index contributed by atoms with van der Waals surface area (Å²) in [6.45, 7) is 2.86. The molecule has 47 heavy (non-hydrogen) atoms. The van der Waals surface area contributed by atoms with Crippen LogP contribution in [0.1, 0.15) is 39.7 Å². The number of halogens is 3. The van der Waals surface area contributed by atoms with Crippen LogP contribution in [0.4, 0.5) is 14.5 Å². The Morgan fingerprint density at radius 3 is 2.36 bits per heavy atom. The molecule has 1 atom stereocenters. The van der Waals surface area contributed by atoms with E-state index in [-0.39, 0.29) is 53.3 Å². The van der Waals surface area contributed by atoms with E-state index in [1.807, 2.05) is 4.90 Å². The van der Waals surface area contributed by atoms with E-state index in [1.54, 1.807) is 68.4 Å². The molecule has 2 N–H and O–H groups in total. The van der Waals surface area contributed by atoms with Crippen molar-refractivity contribution in [2.24, 2.45) is 0 Å². The van der Waals surface area contributed by atoms with Gasteiger partial charge in [0.2, 0.25) is 5.91 Å². The summed E-state index contributed by atoms with van der Waals surface area (Å²) in [5, 5.41) is -0.205. The number of methoxy groups -OCH3 is 2. The number of aromatic nitrogens is 2. The first-order chi connectivity index (χ1) is 22.5. The number of fused-ring (bicyclic) bond motifs is 1. The molecule has 3 aromatic carbocycles. The fourth-order valence-electron chi connectivity index (χ4n) is 6.22. The number of carbonyl (C=O) groups is 2. The fourth-order valence-corrected chi connectivity index (χ4v) is 6.49.